The Hall–Kier alpha value is -1.69. The lowest BCUT2D eigenvalue weighted by atomic mass is 10.2. The average Bonchev–Trinajstić information content (AvgIpc) is 2.78. The first kappa shape index (κ1) is 11.8. The van der Waals surface area contributed by atoms with Gasteiger partial charge in [-0.2, -0.15) is 0 Å². The molecule has 90 valence electrons. The van der Waals surface area contributed by atoms with Crippen molar-refractivity contribution in [3.8, 4) is 11.5 Å². The Balaban J connectivity index is 2.27. The number of nitrogens with zero attached hydrogens (tertiary/aromatic N) is 1. The molecule has 1 aliphatic rings. The largest absolute Gasteiger partial charge is 0.504 e. The number of carboxylic acids is 1. The summed E-state index contributed by atoms with van der Waals surface area (Å²) in [7, 11) is 1.47. The molecule has 0 spiro atoms. The van der Waals surface area contributed by atoms with Crippen LogP contribution in [0.1, 0.15) is 5.56 Å². The van der Waals surface area contributed by atoms with Gasteiger partial charge in [0.25, 0.3) is 0 Å². The number of thioether (sulfide) groups is 1. The van der Waals surface area contributed by atoms with Crippen molar-refractivity contribution >= 4 is 22.8 Å². The van der Waals surface area contributed by atoms with E-state index in [9.17, 15) is 9.90 Å². The Kier molecular flexibility index (Phi) is 3.23. The fourth-order valence-electron chi connectivity index (χ4n) is 1.48. The molecule has 1 aliphatic heterocycles. The highest BCUT2D eigenvalue weighted by Crippen LogP contribution is 2.30. The van der Waals surface area contributed by atoms with Gasteiger partial charge >= 0.3 is 5.97 Å². The molecule has 5 nitrogen and oxygen atoms in total. The number of phenols is 1. The number of ether oxygens (including phenoxy) is 1. The van der Waals surface area contributed by atoms with Crippen molar-refractivity contribution in [1.29, 1.82) is 0 Å². The molecule has 0 aromatic heterocycles. The van der Waals surface area contributed by atoms with Crippen LogP contribution in [0.15, 0.2) is 23.2 Å². The zero-order chi connectivity index (χ0) is 12.4. The summed E-state index contributed by atoms with van der Waals surface area (Å²) >= 11 is 1.37. The molecule has 2 rings (SSSR count). The van der Waals surface area contributed by atoms with Gasteiger partial charge in [-0.15, -0.1) is 11.8 Å². The van der Waals surface area contributed by atoms with Gasteiger partial charge in [-0.3, -0.25) is 4.99 Å². The van der Waals surface area contributed by atoms with Crippen LogP contribution in [-0.4, -0.2) is 40.1 Å². The summed E-state index contributed by atoms with van der Waals surface area (Å²) < 4.78 is 4.93. The molecule has 0 aliphatic carbocycles. The van der Waals surface area contributed by atoms with Crippen LogP contribution in [0.3, 0.4) is 0 Å². The predicted molar refractivity (Wildman–Crippen MR) is 65.1 cm³/mol. The number of aromatic hydroxyl groups is 1. The summed E-state index contributed by atoms with van der Waals surface area (Å²) in [4.78, 5) is 14.8. The quantitative estimate of drug-likeness (QED) is 0.850. The second kappa shape index (κ2) is 4.67. The molecular formula is C11H11NO4S. The molecule has 17 heavy (non-hydrogen) atoms. The zero-order valence-electron chi connectivity index (χ0n) is 9.08. The van der Waals surface area contributed by atoms with Gasteiger partial charge in [-0.05, 0) is 18.2 Å². The van der Waals surface area contributed by atoms with E-state index < -0.39 is 12.0 Å². The number of aliphatic imine (C=N–C) groups is 1. The first-order valence-electron chi connectivity index (χ1n) is 4.92. The van der Waals surface area contributed by atoms with Crippen LogP contribution in [0.4, 0.5) is 0 Å². The Morgan fingerprint density at radius 2 is 2.35 bits per heavy atom. The van der Waals surface area contributed by atoms with Crippen LogP contribution in [0.2, 0.25) is 0 Å². The fourth-order valence-corrected chi connectivity index (χ4v) is 2.51. The van der Waals surface area contributed by atoms with Crippen LogP contribution in [0.25, 0.3) is 0 Å². The lowest BCUT2D eigenvalue weighted by Gasteiger charge is -2.05. The third-order valence-electron chi connectivity index (χ3n) is 2.36. The van der Waals surface area contributed by atoms with Crippen molar-refractivity contribution in [3.63, 3.8) is 0 Å². The van der Waals surface area contributed by atoms with Gasteiger partial charge in [0.1, 0.15) is 0 Å². The van der Waals surface area contributed by atoms with E-state index in [4.69, 9.17) is 9.84 Å². The summed E-state index contributed by atoms with van der Waals surface area (Å²) in [6.07, 6.45) is 0. The van der Waals surface area contributed by atoms with Crippen LogP contribution >= 0.6 is 11.8 Å². The van der Waals surface area contributed by atoms with Gasteiger partial charge in [0.15, 0.2) is 17.5 Å². The summed E-state index contributed by atoms with van der Waals surface area (Å²) in [5.74, 6) is -0.0956. The molecule has 0 saturated heterocycles. The summed E-state index contributed by atoms with van der Waals surface area (Å²) in [6.45, 7) is 0. The summed E-state index contributed by atoms with van der Waals surface area (Å²) in [6, 6.07) is 4.20. The molecule has 0 bridgehead atoms. The van der Waals surface area contributed by atoms with E-state index in [1.807, 2.05) is 0 Å². The van der Waals surface area contributed by atoms with E-state index in [1.54, 1.807) is 12.1 Å². The number of aliphatic carboxylic acids is 1. The lowest BCUT2D eigenvalue weighted by molar-refractivity contribution is -0.137. The van der Waals surface area contributed by atoms with Crippen molar-refractivity contribution in [2.75, 3.05) is 12.9 Å². The van der Waals surface area contributed by atoms with Crippen LogP contribution in [0, 0.1) is 0 Å². The lowest BCUT2D eigenvalue weighted by Crippen LogP contribution is -2.17. The Bertz CT molecular complexity index is 486. The minimum Gasteiger partial charge on any atom is -0.504 e. The fraction of sp³-hybridized carbons (Fsp3) is 0.273. The number of hydrogen-bond donors (Lipinski definition) is 2. The van der Waals surface area contributed by atoms with Gasteiger partial charge in [-0.1, -0.05) is 0 Å². The number of methoxy groups -OCH3 is 1. The third kappa shape index (κ3) is 2.36. The maximum absolute atomic E-state index is 10.8. The van der Waals surface area contributed by atoms with Crippen molar-refractivity contribution < 1.29 is 19.7 Å². The third-order valence-corrected chi connectivity index (χ3v) is 3.46. The average molecular weight is 253 g/mol. The van der Waals surface area contributed by atoms with E-state index >= 15 is 0 Å². The SMILES string of the molecule is COc1ccc(C2=NC(C(=O)O)CS2)cc1O. The Labute approximate surface area is 102 Å². The molecule has 0 radical (unpaired) electrons. The monoisotopic (exact) mass is 253 g/mol. The molecule has 1 aromatic carbocycles. The highest BCUT2D eigenvalue weighted by atomic mass is 32.2. The Morgan fingerprint density at radius 1 is 1.59 bits per heavy atom. The molecule has 6 heteroatoms. The first-order chi connectivity index (χ1) is 8.11. The number of phenolic OH excluding ortho intramolecular Hbond substituents is 1. The number of carboxylic acid groups (broad SMARTS) is 1. The zero-order valence-corrected chi connectivity index (χ0v) is 9.90. The maximum atomic E-state index is 10.8. The topological polar surface area (TPSA) is 79.1 Å². The smallest absolute Gasteiger partial charge is 0.329 e. The number of benzene rings is 1. The minimum atomic E-state index is -0.926. The van der Waals surface area contributed by atoms with E-state index in [0.717, 1.165) is 0 Å². The first-order valence-corrected chi connectivity index (χ1v) is 5.91. The number of carbonyl (C=O) groups is 1. The van der Waals surface area contributed by atoms with Gasteiger partial charge in [0, 0.05) is 11.3 Å². The van der Waals surface area contributed by atoms with Crippen molar-refractivity contribution in [2.45, 2.75) is 6.04 Å². The molecule has 0 saturated carbocycles. The molecule has 2 N–H and O–H groups in total. The van der Waals surface area contributed by atoms with E-state index in [-0.39, 0.29) is 5.75 Å². The second-order valence-corrected chi connectivity index (χ2v) is 4.49. The highest BCUT2D eigenvalue weighted by molar-refractivity contribution is 8.14. The van der Waals surface area contributed by atoms with Crippen molar-refractivity contribution in [2.24, 2.45) is 4.99 Å². The van der Waals surface area contributed by atoms with Crippen LogP contribution in [-0.2, 0) is 4.79 Å². The predicted octanol–water partition coefficient (Wildman–Crippen LogP) is 1.35. The molecule has 1 unspecified atom stereocenters. The molecule has 1 aromatic rings. The summed E-state index contributed by atoms with van der Waals surface area (Å²) in [5, 5.41) is 19.1. The Morgan fingerprint density at radius 3 is 2.88 bits per heavy atom. The molecular weight excluding hydrogens is 242 g/mol. The normalized spacial score (nSPS) is 18.9. The molecule has 1 atom stereocenters. The number of hydrogen-bond acceptors (Lipinski definition) is 5. The maximum Gasteiger partial charge on any atom is 0.329 e. The minimum absolute atomic E-state index is 0.0204. The van der Waals surface area contributed by atoms with Gasteiger partial charge in [0.05, 0.1) is 12.2 Å². The number of rotatable bonds is 3. The van der Waals surface area contributed by atoms with Crippen molar-refractivity contribution in [1.82, 2.24) is 0 Å². The summed E-state index contributed by atoms with van der Waals surface area (Å²) in [5.41, 5.74) is 0.706. The molecule has 1 heterocycles. The highest BCUT2D eigenvalue weighted by Gasteiger charge is 2.25. The van der Waals surface area contributed by atoms with E-state index in [2.05, 4.69) is 4.99 Å². The van der Waals surface area contributed by atoms with Crippen LogP contribution < -0.4 is 4.74 Å². The van der Waals surface area contributed by atoms with E-state index in [0.29, 0.717) is 22.1 Å². The van der Waals surface area contributed by atoms with E-state index in [1.165, 1.54) is 24.9 Å². The second-order valence-electron chi connectivity index (χ2n) is 3.49. The van der Waals surface area contributed by atoms with Crippen molar-refractivity contribution in [3.05, 3.63) is 23.8 Å². The van der Waals surface area contributed by atoms with Crippen LogP contribution in [0.5, 0.6) is 11.5 Å². The molecule has 0 fully saturated rings. The van der Waals surface area contributed by atoms with Gasteiger partial charge in [0.2, 0.25) is 0 Å². The van der Waals surface area contributed by atoms with Gasteiger partial charge < -0.3 is 14.9 Å². The molecule has 0 amide bonds. The van der Waals surface area contributed by atoms with Gasteiger partial charge in [-0.25, -0.2) is 4.79 Å². The standard InChI is InChI=1S/C11H11NO4S/c1-16-9-3-2-6(4-8(9)13)10-12-7(5-17-10)11(14)15/h2-4,7,13H,5H2,1H3,(H,14,15).